The Bertz CT molecular complexity index is 920. The lowest BCUT2D eigenvalue weighted by Gasteiger charge is -2.52. The molecule has 4 atom stereocenters. The van der Waals surface area contributed by atoms with E-state index in [9.17, 15) is 19.2 Å². The van der Waals surface area contributed by atoms with Gasteiger partial charge in [0.05, 0.1) is 6.42 Å². The molecule has 1 N–H and O–H groups in total. The summed E-state index contributed by atoms with van der Waals surface area (Å²) in [5, 5.41) is 2.70. The summed E-state index contributed by atoms with van der Waals surface area (Å²) in [6.07, 6.45) is 4.23. The molecule has 0 radical (unpaired) electrons. The molecule has 1 aromatic carbocycles. The molecule has 4 aliphatic heterocycles. The predicted octanol–water partition coefficient (Wildman–Crippen LogP) is 1.40. The molecule has 5 amide bonds. The van der Waals surface area contributed by atoms with Gasteiger partial charge in [0, 0.05) is 38.6 Å². The van der Waals surface area contributed by atoms with Crippen molar-refractivity contribution in [3.8, 4) is 0 Å². The number of piperidine rings is 3. The van der Waals surface area contributed by atoms with Crippen LogP contribution in [0.1, 0.15) is 37.7 Å². The first kappa shape index (κ1) is 21.0. The van der Waals surface area contributed by atoms with Gasteiger partial charge in [-0.2, -0.15) is 0 Å². The summed E-state index contributed by atoms with van der Waals surface area (Å²) in [4.78, 5) is 55.7. The maximum absolute atomic E-state index is 13.1. The number of likely N-dealkylation sites (tertiary alicyclic amines) is 1. The first-order valence-electron chi connectivity index (χ1n) is 11.7. The minimum absolute atomic E-state index is 0.000832. The highest BCUT2D eigenvalue weighted by Gasteiger charge is 2.46. The van der Waals surface area contributed by atoms with Gasteiger partial charge in [-0.05, 0) is 43.1 Å². The third kappa shape index (κ3) is 3.98. The molecule has 1 aromatic rings. The molecule has 8 heteroatoms. The Kier molecular flexibility index (Phi) is 5.61. The number of benzene rings is 1. The maximum Gasteiger partial charge on any atom is 0.324 e. The first-order valence-corrected chi connectivity index (χ1v) is 11.7. The molecule has 4 aliphatic rings. The van der Waals surface area contributed by atoms with E-state index in [4.69, 9.17) is 0 Å². The fourth-order valence-corrected chi connectivity index (χ4v) is 5.93. The van der Waals surface area contributed by atoms with Crippen LogP contribution in [0.15, 0.2) is 30.3 Å². The van der Waals surface area contributed by atoms with Crippen LogP contribution < -0.4 is 5.32 Å². The second kappa shape index (κ2) is 8.56. The zero-order chi connectivity index (χ0) is 22.2. The van der Waals surface area contributed by atoms with E-state index in [0.29, 0.717) is 44.3 Å². The van der Waals surface area contributed by atoms with E-state index >= 15 is 0 Å². The van der Waals surface area contributed by atoms with E-state index < -0.39 is 12.1 Å². The van der Waals surface area contributed by atoms with Crippen LogP contribution in [-0.2, 0) is 20.8 Å². The Labute approximate surface area is 187 Å². The number of carbonyl (C=O) groups excluding carboxylic acids is 4. The van der Waals surface area contributed by atoms with Crippen LogP contribution in [0, 0.1) is 11.8 Å². The first-order chi connectivity index (χ1) is 15.5. The molecule has 5 rings (SSSR count). The summed E-state index contributed by atoms with van der Waals surface area (Å²) in [7, 11) is 0. The average Bonchev–Trinajstić information content (AvgIpc) is 3.06. The molecule has 170 valence electrons. The van der Waals surface area contributed by atoms with Gasteiger partial charge in [-0.1, -0.05) is 30.3 Å². The molecule has 4 heterocycles. The van der Waals surface area contributed by atoms with E-state index in [1.807, 2.05) is 35.2 Å². The zero-order valence-corrected chi connectivity index (χ0v) is 18.2. The summed E-state index contributed by atoms with van der Waals surface area (Å²) < 4.78 is 0. The number of fused-ring (bicyclic) bond motifs is 4. The van der Waals surface area contributed by atoms with Crippen LogP contribution in [0.3, 0.4) is 0 Å². The monoisotopic (exact) mass is 438 g/mol. The molecular formula is C24H30N4O4. The fraction of sp³-hybridized carbons (Fsp3) is 0.583. The Morgan fingerprint density at radius 1 is 1.06 bits per heavy atom. The van der Waals surface area contributed by atoms with Gasteiger partial charge >= 0.3 is 6.03 Å². The lowest BCUT2D eigenvalue weighted by Crippen LogP contribution is -2.61. The van der Waals surface area contributed by atoms with Crippen molar-refractivity contribution in [3.63, 3.8) is 0 Å². The van der Waals surface area contributed by atoms with Crippen LogP contribution in [0.4, 0.5) is 4.79 Å². The molecule has 0 aliphatic carbocycles. The van der Waals surface area contributed by atoms with Crippen molar-refractivity contribution in [3.05, 3.63) is 35.9 Å². The second-order valence-corrected chi connectivity index (χ2v) is 9.60. The molecular weight excluding hydrogens is 408 g/mol. The standard InChI is InChI=1S/C24H30N4O4/c29-21-8-4-7-20-18-11-17(14-28(20)21)13-26(15-18)22(30)12-19-23(31)27(24(32)25-19)10-9-16-5-2-1-3-6-16/h1-3,5-6,17-20H,4,7-15H2,(H,25,32)/t17?,18?,19-,20?/m0/s1. The number of nitrogens with zero attached hydrogens (tertiary/aromatic N) is 3. The van der Waals surface area contributed by atoms with E-state index in [1.165, 1.54) is 4.90 Å². The van der Waals surface area contributed by atoms with Crippen LogP contribution >= 0.6 is 0 Å². The minimum atomic E-state index is -0.791. The molecule has 3 unspecified atom stereocenters. The molecule has 32 heavy (non-hydrogen) atoms. The van der Waals surface area contributed by atoms with Gasteiger partial charge < -0.3 is 15.1 Å². The molecule has 4 saturated heterocycles. The van der Waals surface area contributed by atoms with Crippen molar-refractivity contribution in [1.29, 1.82) is 0 Å². The fourth-order valence-electron chi connectivity index (χ4n) is 5.93. The highest BCUT2D eigenvalue weighted by molar-refractivity contribution is 6.05. The lowest BCUT2D eigenvalue weighted by atomic mass is 9.76. The van der Waals surface area contributed by atoms with Crippen LogP contribution in [0.2, 0.25) is 0 Å². The third-order valence-corrected chi connectivity index (χ3v) is 7.49. The Morgan fingerprint density at radius 3 is 2.69 bits per heavy atom. The quantitative estimate of drug-likeness (QED) is 0.704. The number of rotatable bonds is 5. The second-order valence-electron chi connectivity index (χ2n) is 9.60. The third-order valence-electron chi connectivity index (χ3n) is 7.49. The van der Waals surface area contributed by atoms with Crippen molar-refractivity contribution >= 4 is 23.8 Å². The molecule has 0 aromatic heterocycles. The Morgan fingerprint density at radius 2 is 1.88 bits per heavy atom. The highest BCUT2D eigenvalue weighted by Crippen LogP contribution is 2.38. The summed E-state index contributed by atoms with van der Waals surface area (Å²) in [5.74, 6) is 0.462. The van der Waals surface area contributed by atoms with Crippen LogP contribution in [-0.4, -0.2) is 76.7 Å². The van der Waals surface area contributed by atoms with Crippen molar-refractivity contribution < 1.29 is 19.2 Å². The van der Waals surface area contributed by atoms with Gasteiger partial charge in [-0.15, -0.1) is 0 Å². The molecule has 0 spiro atoms. The van der Waals surface area contributed by atoms with Gasteiger partial charge in [-0.3, -0.25) is 19.3 Å². The van der Waals surface area contributed by atoms with Crippen molar-refractivity contribution in [2.24, 2.45) is 11.8 Å². The Balaban J connectivity index is 1.18. The summed E-state index contributed by atoms with van der Waals surface area (Å²) >= 11 is 0. The highest BCUT2D eigenvalue weighted by atomic mass is 16.2. The smallest absolute Gasteiger partial charge is 0.324 e. The number of amides is 5. The van der Waals surface area contributed by atoms with Crippen molar-refractivity contribution in [2.75, 3.05) is 26.2 Å². The molecule has 2 bridgehead atoms. The maximum atomic E-state index is 13.1. The molecule has 0 saturated carbocycles. The molecule has 8 nitrogen and oxygen atoms in total. The van der Waals surface area contributed by atoms with Gasteiger partial charge in [0.1, 0.15) is 6.04 Å². The average molecular weight is 439 g/mol. The van der Waals surface area contributed by atoms with E-state index in [0.717, 1.165) is 31.4 Å². The number of hydrogen-bond donors (Lipinski definition) is 1. The Hall–Kier alpha value is -2.90. The van der Waals surface area contributed by atoms with Crippen LogP contribution in [0.25, 0.3) is 0 Å². The summed E-state index contributed by atoms with van der Waals surface area (Å²) in [6.45, 7) is 2.30. The predicted molar refractivity (Wildman–Crippen MR) is 116 cm³/mol. The number of nitrogens with one attached hydrogen (secondary N) is 1. The summed E-state index contributed by atoms with van der Waals surface area (Å²) in [5.41, 5.74) is 1.06. The zero-order valence-electron chi connectivity index (χ0n) is 18.2. The number of hydrogen-bond acceptors (Lipinski definition) is 4. The van der Waals surface area contributed by atoms with E-state index in [-0.39, 0.29) is 30.2 Å². The lowest BCUT2D eigenvalue weighted by molar-refractivity contribution is -0.149. The number of imide groups is 1. The van der Waals surface area contributed by atoms with Crippen LogP contribution in [0.5, 0.6) is 0 Å². The topological polar surface area (TPSA) is 90.0 Å². The van der Waals surface area contributed by atoms with Gasteiger partial charge in [0.25, 0.3) is 5.91 Å². The van der Waals surface area contributed by atoms with Gasteiger partial charge in [0.2, 0.25) is 11.8 Å². The van der Waals surface area contributed by atoms with Crippen molar-refractivity contribution in [1.82, 2.24) is 20.0 Å². The van der Waals surface area contributed by atoms with E-state index in [2.05, 4.69) is 10.2 Å². The van der Waals surface area contributed by atoms with Crippen molar-refractivity contribution in [2.45, 2.75) is 50.6 Å². The number of urea groups is 1. The van der Waals surface area contributed by atoms with Gasteiger partial charge in [-0.25, -0.2) is 4.79 Å². The minimum Gasteiger partial charge on any atom is -0.342 e. The van der Waals surface area contributed by atoms with Gasteiger partial charge in [0.15, 0.2) is 0 Å². The summed E-state index contributed by atoms with van der Waals surface area (Å²) in [6, 6.07) is 8.75. The van der Waals surface area contributed by atoms with E-state index in [1.54, 1.807) is 0 Å². The SMILES string of the molecule is O=C(C[C@@H]1NC(=O)N(CCc2ccccc2)C1=O)N1CC2CC(C1)C1CCCC(=O)N1C2. The normalized spacial score (nSPS) is 29.8. The largest absolute Gasteiger partial charge is 0.342 e. The number of carbonyl (C=O) groups is 4. The molecule has 4 fully saturated rings.